The lowest BCUT2D eigenvalue weighted by Gasteiger charge is -2.14. The van der Waals surface area contributed by atoms with Gasteiger partial charge in [0.1, 0.15) is 11.9 Å². The lowest BCUT2D eigenvalue weighted by molar-refractivity contribution is 0.0718. The number of aliphatic hydroxyl groups is 1. The molecule has 0 saturated carbocycles. The fourth-order valence-electron chi connectivity index (χ4n) is 2.07. The van der Waals surface area contributed by atoms with E-state index in [2.05, 4.69) is 0 Å². The van der Waals surface area contributed by atoms with Crippen molar-refractivity contribution in [3.05, 3.63) is 24.3 Å². The number of carbonyl (C=O) groups is 1. The molecule has 116 valence electrons. The number of anilines is 1. The molecule has 1 aliphatic rings. The van der Waals surface area contributed by atoms with Crippen molar-refractivity contribution in [2.75, 3.05) is 31.8 Å². The Morgan fingerprint density at radius 3 is 2.76 bits per heavy atom. The molecule has 0 spiro atoms. The van der Waals surface area contributed by atoms with Crippen LogP contribution >= 0.6 is 0 Å². The number of nitrogens with zero attached hydrogens (tertiary/aromatic N) is 1. The Morgan fingerprint density at radius 2 is 2.14 bits per heavy atom. The third-order valence-electron chi connectivity index (χ3n) is 3.18. The predicted octanol–water partition coefficient (Wildman–Crippen LogP) is 1.81. The zero-order valence-corrected chi connectivity index (χ0v) is 12.3. The summed E-state index contributed by atoms with van der Waals surface area (Å²) < 4.78 is 15.7. The third kappa shape index (κ3) is 4.34. The van der Waals surface area contributed by atoms with Crippen LogP contribution in [0.3, 0.4) is 0 Å². The molecular formula is C15H21NO5. The minimum Gasteiger partial charge on any atom is -0.493 e. The summed E-state index contributed by atoms with van der Waals surface area (Å²) in [7, 11) is 1.58. The van der Waals surface area contributed by atoms with Crippen LogP contribution in [0.4, 0.5) is 10.5 Å². The summed E-state index contributed by atoms with van der Waals surface area (Å²) in [4.78, 5) is 13.4. The summed E-state index contributed by atoms with van der Waals surface area (Å²) in [5.41, 5.74) is 0.765. The molecule has 6 heteroatoms. The summed E-state index contributed by atoms with van der Waals surface area (Å²) in [5, 5.41) is 9.17. The summed E-state index contributed by atoms with van der Waals surface area (Å²) in [5.74, 6) is 0.709. The Kier molecular flexibility index (Phi) is 5.41. The number of rotatable bonds is 7. The largest absolute Gasteiger partial charge is 0.493 e. The van der Waals surface area contributed by atoms with Crippen molar-refractivity contribution in [3.8, 4) is 5.75 Å². The average molecular weight is 295 g/mol. The molecule has 1 fully saturated rings. The van der Waals surface area contributed by atoms with Gasteiger partial charge in [-0.2, -0.15) is 0 Å². The third-order valence-corrected chi connectivity index (χ3v) is 3.18. The molecule has 0 radical (unpaired) electrons. The van der Waals surface area contributed by atoms with E-state index in [-0.39, 0.29) is 18.3 Å². The number of aliphatic hydroxyl groups excluding tert-OH is 1. The fraction of sp³-hybridized carbons (Fsp3) is 0.533. The molecule has 1 N–H and O–H groups in total. The van der Waals surface area contributed by atoms with Crippen LogP contribution in [0.2, 0.25) is 0 Å². The van der Waals surface area contributed by atoms with Gasteiger partial charge in [0.05, 0.1) is 25.9 Å². The van der Waals surface area contributed by atoms with Gasteiger partial charge in [-0.15, -0.1) is 0 Å². The van der Waals surface area contributed by atoms with Crippen LogP contribution in [0.15, 0.2) is 24.3 Å². The minimum absolute atomic E-state index is 0.232. The molecule has 0 aromatic heterocycles. The molecule has 2 atom stereocenters. The maximum Gasteiger partial charge on any atom is 0.414 e. The molecule has 1 unspecified atom stereocenters. The highest BCUT2D eigenvalue weighted by Crippen LogP contribution is 2.24. The average Bonchev–Trinajstić information content (AvgIpc) is 2.80. The number of ether oxygens (including phenoxy) is 3. The van der Waals surface area contributed by atoms with E-state index in [4.69, 9.17) is 19.3 Å². The SMILES string of the molecule is COCC1CN(c2ccc(OCC[C@@H](C)O)cc2)C(=O)O1. The normalized spacial score (nSPS) is 19.5. The summed E-state index contributed by atoms with van der Waals surface area (Å²) in [6.45, 7) is 3.05. The van der Waals surface area contributed by atoms with Crippen molar-refractivity contribution in [1.29, 1.82) is 0 Å². The first-order valence-corrected chi connectivity index (χ1v) is 6.98. The minimum atomic E-state index is -0.374. The molecule has 0 aliphatic carbocycles. The number of amides is 1. The lowest BCUT2D eigenvalue weighted by Crippen LogP contribution is -2.25. The predicted molar refractivity (Wildman–Crippen MR) is 77.7 cm³/mol. The lowest BCUT2D eigenvalue weighted by atomic mass is 10.2. The van der Waals surface area contributed by atoms with E-state index in [9.17, 15) is 4.79 Å². The zero-order valence-electron chi connectivity index (χ0n) is 12.3. The second-order valence-electron chi connectivity index (χ2n) is 5.05. The second-order valence-corrected chi connectivity index (χ2v) is 5.05. The van der Waals surface area contributed by atoms with Crippen molar-refractivity contribution in [2.24, 2.45) is 0 Å². The first kappa shape index (κ1) is 15.6. The molecule has 1 heterocycles. The Hall–Kier alpha value is -1.79. The maximum absolute atomic E-state index is 11.8. The summed E-state index contributed by atoms with van der Waals surface area (Å²) >= 11 is 0. The van der Waals surface area contributed by atoms with Gasteiger partial charge in [-0.25, -0.2) is 4.79 Å². The van der Waals surface area contributed by atoms with E-state index in [1.54, 1.807) is 31.1 Å². The molecule has 0 bridgehead atoms. The van der Waals surface area contributed by atoms with Crippen molar-refractivity contribution in [1.82, 2.24) is 0 Å². The molecule has 1 amide bonds. The van der Waals surface area contributed by atoms with Crippen molar-refractivity contribution in [2.45, 2.75) is 25.6 Å². The fourth-order valence-corrected chi connectivity index (χ4v) is 2.07. The van der Waals surface area contributed by atoms with Gasteiger partial charge in [-0.1, -0.05) is 0 Å². The van der Waals surface area contributed by atoms with Gasteiger partial charge in [-0.05, 0) is 31.2 Å². The first-order chi connectivity index (χ1) is 10.1. The Bertz CT molecular complexity index is 460. The number of hydrogen-bond donors (Lipinski definition) is 1. The van der Waals surface area contributed by atoms with Gasteiger partial charge in [0.2, 0.25) is 0 Å². The number of carbonyl (C=O) groups excluding carboxylic acids is 1. The quantitative estimate of drug-likeness (QED) is 0.831. The topological polar surface area (TPSA) is 68.2 Å². The highest BCUT2D eigenvalue weighted by atomic mass is 16.6. The van der Waals surface area contributed by atoms with Gasteiger partial charge < -0.3 is 19.3 Å². The zero-order chi connectivity index (χ0) is 15.2. The monoisotopic (exact) mass is 295 g/mol. The van der Waals surface area contributed by atoms with Gasteiger partial charge in [0, 0.05) is 19.2 Å². The molecule has 2 rings (SSSR count). The van der Waals surface area contributed by atoms with Crippen molar-refractivity contribution < 1.29 is 24.1 Å². The van der Waals surface area contributed by atoms with E-state index in [1.807, 2.05) is 12.1 Å². The van der Waals surface area contributed by atoms with Crippen LogP contribution < -0.4 is 9.64 Å². The second kappa shape index (κ2) is 7.28. The van der Waals surface area contributed by atoms with E-state index < -0.39 is 0 Å². The summed E-state index contributed by atoms with van der Waals surface area (Å²) in [6, 6.07) is 7.23. The summed E-state index contributed by atoms with van der Waals surface area (Å²) in [6.07, 6.45) is -0.385. The first-order valence-electron chi connectivity index (χ1n) is 6.98. The van der Waals surface area contributed by atoms with E-state index in [0.29, 0.717) is 31.9 Å². The van der Waals surface area contributed by atoms with Gasteiger partial charge in [0.15, 0.2) is 0 Å². The smallest absolute Gasteiger partial charge is 0.414 e. The Labute approximate surface area is 124 Å². The van der Waals surface area contributed by atoms with Crippen molar-refractivity contribution in [3.63, 3.8) is 0 Å². The van der Waals surface area contributed by atoms with Crippen LogP contribution in [-0.4, -0.2) is 50.3 Å². The van der Waals surface area contributed by atoms with Crippen LogP contribution in [0, 0.1) is 0 Å². The van der Waals surface area contributed by atoms with Crippen LogP contribution in [-0.2, 0) is 9.47 Å². The Morgan fingerprint density at radius 1 is 1.43 bits per heavy atom. The number of methoxy groups -OCH3 is 1. The highest BCUT2D eigenvalue weighted by Gasteiger charge is 2.32. The van der Waals surface area contributed by atoms with Crippen molar-refractivity contribution >= 4 is 11.8 Å². The van der Waals surface area contributed by atoms with Gasteiger partial charge >= 0.3 is 6.09 Å². The molecule has 6 nitrogen and oxygen atoms in total. The van der Waals surface area contributed by atoms with E-state index >= 15 is 0 Å². The molecule has 21 heavy (non-hydrogen) atoms. The number of hydrogen-bond acceptors (Lipinski definition) is 5. The van der Waals surface area contributed by atoms with Crippen LogP contribution in [0.1, 0.15) is 13.3 Å². The highest BCUT2D eigenvalue weighted by molar-refractivity contribution is 5.89. The van der Waals surface area contributed by atoms with Gasteiger partial charge in [-0.3, -0.25) is 4.90 Å². The molecule has 1 saturated heterocycles. The standard InChI is InChI=1S/C15H21NO5/c1-11(17)7-8-20-13-5-3-12(4-6-13)16-9-14(10-19-2)21-15(16)18/h3-6,11,14,17H,7-10H2,1-2H3/t11-,14?/m1/s1. The van der Waals surface area contributed by atoms with Gasteiger partial charge in [0.25, 0.3) is 0 Å². The molecule has 1 aliphatic heterocycles. The maximum atomic E-state index is 11.8. The molecular weight excluding hydrogens is 274 g/mol. The van der Waals surface area contributed by atoms with Crippen LogP contribution in [0.5, 0.6) is 5.75 Å². The van der Waals surface area contributed by atoms with Crippen LogP contribution in [0.25, 0.3) is 0 Å². The van der Waals surface area contributed by atoms with E-state index in [1.165, 1.54) is 0 Å². The van der Waals surface area contributed by atoms with E-state index in [0.717, 1.165) is 5.69 Å². The number of cyclic esters (lactones) is 1. The molecule has 1 aromatic rings. The Balaban J connectivity index is 1.91. The molecule has 1 aromatic carbocycles. The number of benzene rings is 1.